The van der Waals surface area contributed by atoms with Crippen LogP contribution >= 0.6 is 0 Å². The summed E-state index contributed by atoms with van der Waals surface area (Å²) in [5.74, 6) is 0.446. The highest BCUT2D eigenvalue weighted by Gasteiger charge is 2.27. The van der Waals surface area contributed by atoms with Crippen LogP contribution in [0.15, 0.2) is 42.5 Å². The van der Waals surface area contributed by atoms with E-state index in [2.05, 4.69) is 52.7 Å². The van der Waals surface area contributed by atoms with E-state index in [1.54, 1.807) is 0 Å². The Balaban J connectivity index is 1.38. The molecule has 0 bridgehead atoms. The van der Waals surface area contributed by atoms with Crippen LogP contribution in [0.2, 0.25) is 0 Å². The Morgan fingerprint density at radius 1 is 0.926 bits per heavy atom. The topological polar surface area (TPSA) is 32.3 Å². The maximum Gasteiger partial charge on any atom is 0.224 e. The highest BCUT2D eigenvalue weighted by Crippen LogP contribution is 2.24. The molecule has 1 saturated heterocycles. The monoisotopic (exact) mass is 364 g/mol. The smallest absolute Gasteiger partial charge is 0.224 e. The largest absolute Gasteiger partial charge is 0.353 e. The Morgan fingerprint density at radius 2 is 1.70 bits per heavy atom. The minimum absolute atomic E-state index is 0.150. The normalized spacial score (nSPS) is 22.4. The van der Waals surface area contributed by atoms with Gasteiger partial charge in [-0.25, -0.2) is 0 Å². The van der Waals surface area contributed by atoms with Gasteiger partial charge in [0.1, 0.15) is 0 Å². The average Bonchev–Trinajstić information content (AvgIpc) is 2.97. The lowest BCUT2D eigenvalue weighted by atomic mass is 9.95. The van der Waals surface area contributed by atoms with Crippen LogP contribution in [0.3, 0.4) is 0 Å². The fraction of sp³-hybridized carbons (Fsp3) is 0.542. The maximum absolute atomic E-state index is 12.9. The van der Waals surface area contributed by atoms with Gasteiger partial charge in [-0.15, -0.1) is 0 Å². The van der Waals surface area contributed by atoms with Gasteiger partial charge in [-0.2, -0.15) is 0 Å². The molecule has 1 saturated carbocycles. The minimum Gasteiger partial charge on any atom is -0.353 e. The van der Waals surface area contributed by atoms with E-state index in [4.69, 9.17) is 0 Å². The minimum atomic E-state index is 0.150. The molecule has 0 radical (unpaired) electrons. The highest BCUT2D eigenvalue weighted by atomic mass is 16.2. The molecule has 1 aliphatic carbocycles. The van der Waals surface area contributed by atoms with Crippen molar-refractivity contribution in [2.45, 2.75) is 64.0 Å². The van der Waals surface area contributed by atoms with Gasteiger partial charge in [0.05, 0.1) is 5.92 Å². The summed E-state index contributed by atoms with van der Waals surface area (Å²) in [6.07, 6.45) is 9.67. The molecule has 1 atom stereocenters. The van der Waals surface area contributed by atoms with E-state index in [1.165, 1.54) is 42.0 Å². The number of hydrogen-bond acceptors (Lipinski definition) is 2. The van der Waals surface area contributed by atoms with Crippen LogP contribution in [0.1, 0.15) is 56.9 Å². The zero-order valence-corrected chi connectivity index (χ0v) is 16.3. The summed E-state index contributed by atoms with van der Waals surface area (Å²) in [6.45, 7) is 2.92. The first-order valence-corrected chi connectivity index (χ1v) is 10.8. The Bertz CT molecular complexity index is 759. The van der Waals surface area contributed by atoms with Gasteiger partial charge in [-0.1, -0.05) is 68.1 Å². The summed E-state index contributed by atoms with van der Waals surface area (Å²) in [4.78, 5) is 15.3. The summed E-state index contributed by atoms with van der Waals surface area (Å²) < 4.78 is 0. The lowest BCUT2D eigenvalue weighted by Gasteiger charge is -2.33. The lowest BCUT2D eigenvalue weighted by Crippen LogP contribution is -2.45. The standard InChI is InChI=1S/C24H32N2O/c27-24(25-22-13-3-1-2-4-14-22)21-12-8-16-26(18-21)17-20-11-7-10-19-9-5-6-15-23(19)20/h5-7,9-11,15,21-22H,1-4,8,12-14,16-18H2,(H,25,27). The van der Waals surface area contributed by atoms with Crippen molar-refractivity contribution in [1.29, 1.82) is 0 Å². The molecular weight excluding hydrogens is 332 g/mol. The Kier molecular flexibility index (Phi) is 6.08. The van der Waals surface area contributed by atoms with Gasteiger partial charge in [0.25, 0.3) is 0 Å². The Hall–Kier alpha value is -1.87. The van der Waals surface area contributed by atoms with Gasteiger partial charge in [0, 0.05) is 19.1 Å². The Morgan fingerprint density at radius 3 is 2.56 bits per heavy atom. The second-order valence-corrected chi connectivity index (χ2v) is 8.41. The zero-order valence-electron chi connectivity index (χ0n) is 16.3. The predicted octanol–water partition coefficient (Wildman–Crippen LogP) is 4.89. The van der Waals surface area contributed by atoms with Crippen molar-refractivity contribution < 1.29 is 4.79 Å². The second kappa shape index (κ2) is 8.88. The fourth-order valence-corrected chi connectivity index (χ4v) is 4.83. The summed E-state index contributed by atoms with van der Waals surface area (Å²) in [5, 5.41) is 6.02. The molecular formula is C24H32N2O. The van der Waals surface area contributed by atoms with Crippen molar-refractivity contribution in [2.24, 2.45) is 5.92 Å². The van der Waals surface area contributed by atoms with Gasteiger partial charge in [-0.3, -0.25) is 9.69 Å². The van der Waals surface area contributed by atoms with E-state index in [9.17, 15) is 4.79 Å². The van der Waals surface area contributed by atoms with E-state index >= 15 is 0 Å². The summed E-state index contributed by atoms with van der Waals surface area (Å²) >= 11 is 0. The molecule has 1 N–H and O–H groups in total. The van der Waals surface area contributed by atoms with Crippen molar-refractivity contribution in [3.63, 3.8) is 0 Å². The number of nitrogens with one attached hydrogen (secondary N) is 1. The van der Waals surface area contributed by atoms with Crippen molar-refractivity contribution in [1.82, 2.24) is 10.2 Å². The number of likely N-dealkylation sites (tertiary alicyclic amines) is 1. The molecule has 2 aromatic rings. The molecule has 144 valence electrons. The van der Waals surface area contributed by atoms with Crippen LogP contribution in [-0.4, -0.2) is 29.9 Å². The zero-order chi connectivity index (χ0) is 18.5. The van der Waals surface area contributed by atoms with E-state index < -0.39 is 0 Å². The van der Waals surface area contributed by atoms with Crippen LogP contribution in [0.5, 0.6) is 0 Å². The third-order valence-electron chi connectivity index (χ3n) is 6.35. The molecule has 1 unspecified atom stereocenters. The predicted molar refractivity (Wildman–Crippen MR) is 112 cm³/mol. The first-order chi connectivity index (χ1) is 13.3. The Labute approximate surface area is 163 Å². The van der Waals surface area contributed by atoms with E-state index in [-0.39, 0.29) is 5.92 Å². The van der Waals surface area contributed by atoms with Gasteiger partial charge in [0.2, 0.25) is 5.91 Å². The lowest BCUT2D eigenvalue weighted by molar-refractivity contribution is -0.127. The van der Waals surface area contributed by atoms with Crippen LogP contribution in [-0.2, 0) is 11.3 Å². The quantitative estimate of drug-likeness (QED) is 0.783. The summed E-state index contributed by atoms with van der Waals surface area (Å²) in [5.41, 5.74) is 1.37. The summed E-state index contributed by atoms with van der Waals surface area (Å²) in [6, 6.07) is 15.6. The van der Waals surface area contributed by atoms with E-state index in [0.29, 0.717) is 11.9 Å². The van der Waals surface area contributed by atoms with E-state index in [1.807, 2.05) is 0 Å². The third-order valence-corrected chi connectivity index (χ3v) is 6.35. The number of nitrogens with zero attached hydrogens (tertiary/aromatic N) is 1. The molecule has 1 aliphatic heterocycles. The van der Waals surface area contributed by atoms with Crippen LogP contribution in [0, 0.1) is 5.92 Å². The maximum atomic E-state index is 12.9. The first kappa shape index (κ1) is 18.5. The third kappa shape index (κ3) is 4.70. The number of carbonyl (C=O) groups is 1. The number of benzene rings is 2. The molecule has 2 aromatic carbocycles. The number of fused-ring (bicyclic) bond motifs is 1. The molecule has 4 rings (SSSR count). The molecule has 1 heterocycles. The molecule has 3 heteroatoms. The van der Waals surface area contributed by atoms with Crippen LogP contribution in [0.25, 0.3) is 10.8 Å². The van der Waals surface area contributed by atoms with Crippen molar-refractivity contribution >= 4 is 16.7 Å². The van der Waals surface area contributed by atoms with Crippen molar-refractivity contribution in [3.05, 3.63) is 48.0 Å². The van der Waals surface area contributed by atoms with Gasteiger partial charge >= 0.3 is 0 Å². The molecule has 0 spiro atoms. The highest BCUT2D eigenvalue weighted by molar-refractivity contribution is 5.85. The van der Waals surface area contributed by atoms with Gasteiger partial charge in [-0.05, 0) is 48.6 Å². The number of rotatable bonds is 4. The molecule has 2 fully saturated rings. The number of carbonyl (C=O) groups excluding carboxylic acids is 1. The van der Waals surface area contributed by atoms with Crippen LogP contribution in [0.4, 0.5) is 0 Å². The number of amides is 1. The summed E-state index contributed by atoms with van der Waals surface area (Å²) in [7, 11) is 0. The molecule has 3 nitrogen and oxygen atoms in total. The fourth-order valence-electron chi connectivity index (χ4n) is 4.83. The van der Waals surface area contributed by atoms with Crippen molar-refractivity contribution in [2.75, 3.05) is 13.1 Å². The number of hydrogen-bond donors (Lipinski definition) is 1. The second-order valence-electron chi connectivity index (χ2n) is 8.41. The molecule has 2 aliphatic rings. The SMILES string of the molecule is O=C(NC1CCCCCC1)C1CCCN(Cc2cccc3ccccc23)C1. The molecule has 1 amide bonds. The molecule has 0 aromatic heterocycles. The first-order valence-electron chi connectivity index (χ1n) is 10.8. The van der Waals surface area contributed by atoms with Crippen molar-refractivity contribution in [3.8, 4) is 0 Å². The van der Waals surface area contributed by atoms with Gasteiger partial charge < -0.3 is 5.32 Å². The van der Waals surface area contributed by atoms with E-state index in [0.717, 1.165) is 45.3 Å². The average molecular weight is 365 g/mol. The molecule has 27 heavy (non-hydrogen) atoms. The van der Waals surface area contributed by atoms with Crippen LogP contribution < -0.4 is 5.32 Å². The number of piperidine rings is 1. The van der Waals surface area contributed by atoms with Gasteiger partial charge in [0.15, 0.2) is 0 Å².